The van der Waals surface area contributed by atoms with Crippen molar-refractivity contribution in [3.05, 3.63) is 0 Å². The smallest absolute Gasteiger partial charge is 0.313 e. The fraction of sp³-hybridized carbons (Fsp3) is 1.00. The molecule has 0 aliphatic rings. The highest BCUT2D eigenvalue weighted by Crippen LogP contribution is 2.18. The zero-order valence-electron chi connectivity index (χ0n) is 8.06. The topological polar surface area (TPSA) is 46.2 Å². The summed E-state index contributed by atoms with van der Waals surface area (Å²) in [6, 6.07) is -0.452. The molecule has 1 atom stereocenters. The van der Waals surface area contributed by atoms with E-state index < -0.39 is 28.5 Å². The van der Waals surface area contributed by atoms with Crippen molar-refractivity contribution >= 4 is 9.84 Å². The van der Waals surface area contributed by atoms with Crippen LogP contribution in [0.3, 0.4) is 0 Å². The second-order valence-electron chi connectivity index (χ2n) is 3.31. The van der Waals surface area contributed by atoms with E-state index in [1.165, 1.54) is 6.92 Å². The third-order valence-electron chi connectivity index (χ3n) is 1.45. The molecule has 14 heavy (non-hydrogen) atoms. The van der Waals surface area contributed by atoms with Crippen LogP contribution in [0.15, 0.2) is 0 Å². The van der Waals surface area contributed by atoms with E-state index in [0.717, 1.165) is 6.26 Å². The molecule has 0 aromatic carbocycles. The second kappa shape index (κ2) is 4.97. The van der Waals surface area contributed by atoms with Crippen LogP contribution < -0.4 is 5.32 Å². The first-order valence-electron chi connectivity index (χ1n) is 4.08. The molecule has 0 fully saturated rings. The Bertz CT molecular complexity index is 261. The monoisotopic (exact) mass is 233 g/mol. The number of alkyl halides is 3. The second-order valence-corrected chi connectivity index (χ2v) is 5.50. The van der Waals surface area contributed by atoms with Crippen LogP contribution in [0.25, 0.3) is 0 Å². The minimum Gasteiger partial charge on any atom is -0.313 e. The quantitative estimate of drug-likeness (QED) is 0.769. The number of sulfone groups is 1. The molecule has 86 valence electrons. The Morgan fingerprint density at radius 3 is 2.21 bits per heavy atom. The van der Waals surface area contributed by atoms with E-state index in [4.69, 9.17) is 0 Å². The molecular weight excluding hydrogens is 219 g/mol. The van der Waals surface area contributed by atoms with Gasteiger partial charge in [-0.2, -0.15) is 13.2 Å². The summed E-state index contributed by atoms with van der Waals surface area (Å²) < 4.78 is 56.5. The van der Waals surface area contributed by atoms with Gasteiger partial charge in [0.05, 0.1) is 12.2 Å². The molecule has 0 rings (SSSR count). The van der Waals surface area contributed by atoms with E-state index in [9.17, 15) is 21.6 Å². The largest absolute Gasteiger partial charge is 0.390 e. The first kappa shape index (κ1) is 13.7. The molecule has 0 aromatic rings. The lowest BCUT2D eigenvalue weighted by Crippen LogP contribution is -2.34. The van der Waals surface area contributed by atoms with Crippen molar-refractivity contribution < 1.29 is 21.6 Å². The molecule has 7 heteroatoms. The van der Waals surface area contributed by atoms with Crippen LogP contribution in [0.1, 0.15) is 13.3 Å². The number of hydrogen-bond donors (Lipinski definition) is 1. The molecule has 0 heterocycles. The van der Waals surface area contributed by atoms with Gasteiger partial charge in [-0.1, -0.05) is 0 Å². The maximum atomic E-state index is 11.7. The van der Waals surface area contributed by atoms with E-state index in [-0.39, 0.29) is 12.3 Å². The van der Waals surface area contributed by atoms with E-state index in [2.05, 4.69) is 5.32 Å². The Morgan fingerprint density at radius 2 is 1.86 bits per heavy atom. The lowest BCUT2D eigenvalue weighted by atomic mass is 10.3. The number of halogens is 3. The Hall–Kier alpha value is -0.300. The number of hydrogen-bond acceptors (Lipinski definition) is 3. The number of nitrogens with one attached hydrogen (secondary N) is 1. The van der Waals surface area contributed by atoms with Crippen molar-refractivity contribution in [2.75, 3.05) is 18.6 Å². The minimum atomic E-state index is -4.20. The summed E-state index contributed by atoms with van der Waals surface area (Å²) in [5.41, 5.74) is 0. The Kier molecular flexibility index (Phi) is 4.87. The zero-order chi connectivity index (χ0) is 11.4. The molecule has 1 unspecified atom stereocenters. The fourth-order valence-corrected chi connectivity index (χ4v) is 2.00. The highest BCUT2D eigenvalue weighted by atomic mass is 32.2. The van der Waals surface area contributed by atoms with Crippen molar-refractivity contribution in [1.29, 1.82) is 0 Å². The van der Waals surface area contributed by atoms with Gasteiger partial charge in [0.2, 0.25) is 0 Å². The molecule has 0 amide bonds. The lowest BCUT2D eigenvalue weighted by Gasteiger charge is -2.13. The predicted octanol–water partition coefficient (Wildman–Crippen LogP) is 0.962. The molecule has 0 saturated carbocycles. The van der Waals surface area contributed by atoms with Crippen LogP contribution in [-0.4, -0.2) is 39.2 Å². The maximum absolute atomic E-state index is 11.7. The summed E-state index contributed by atoms with van der Waals surface area (Å²) in [4.78, 5) is 0. The third kappa shape index (κ3) is 9.79. The van der Waals surface area contributed by atoms with Gasteiger partial charge in [-0.25, -0.2) is 8.42 Å². The van der Waals surface area contributed by atoms with Crippen molar-refractivity contribution in [2.24, 2.45) is 0 Å². The summed E-state index contributed by atoms with van der Waals surface area (Å²) in [5, 5.41) is 2.50. The highest BCUT2D eigenvalue weighted by molar-refractivity contribution is 7.90. The van der Waals surface area contributed by atoms with Gasteiger partial charge in [0.25, 0.3) is 0 Å². The summed E-state index contributed by atoms with van der Waals surface area (Å²) >= 11 is 0. The Morgan fingerprint density at radius 1 is 1.36 bits per heavy atom. The van der Waals surface area contributed by atoms with Crippen LogP contribution >= 0.6 is 0 Å². The first-order chi connectivity index (χ1) is 6.10. The van der Waals surface area contributed by atoms with Crippen molar-refractivity contribution in [2.45, 2.75) is 25.6 Å². The maximum Gasteiger partial charge on any atom is 0.390 e. The van der Waals surface area contributed by atoms with Crippen molar-refractivity contribution in [3.63, 3.8) is 0 Å². The normalized spacial score (nSPS) is 15.5. The molecule has 0 aliphatic heterocycles. The molecule has 0 aliphatic carbocycles. The minimum absolute atomic E-state index is 0.148. The van der Waals surface area contributed by atoms with Gasteiger partial charge in [0.1, 0.15) is 9.84 Å². The van der Waals surface area contributed by atoms with Crippen molar-refractivity contribution in [1.82, 2.24) is 5.32 Å². The average molecular weight is 233 g/mol. The average Bonchev–Trinajstić information content (AvgIpc) is 1.78. The highest BCUT2D eigenvalue weighted by Gasteiger charge is 2.26. The van der Waals surface area contributed by atoms with Crippen LogP contribution in [0.4, 0.5) is 13.2 Å². The predicted molar refractivity (Wildman–Crippen MR) is 47.8 cm³/mol. The van der Waals surface area contributed by atoms with E-state index >= 15 is 0 Å². The van der Waals surface area contributed by atoms with Gasteiger partial charge in [-0.3, -0.25) is 0 Å². The van der Waals surface area contributed by atoms with Gasteiger partial charge in [-0.05, 0) is 6.92 Å². The molecule has 0 saturated heterocycles. The molecule has 0 bridgehead atoms. The van der Waals surface area contributed by atoms with Gasteiger partial charge < -0.3 is 5.32 Å². The van der Waals surface area contributed by atoms with E-state index in [1.54, 1.807) is 0 Å². The number of rotatable bonds is 5. The summed E-state index contributed by atoms with van der Waals surface area (Å²) in [6.07, 6.45) is -4.09. The Balaban J connectivity index is 3.71. The van der Waals surface area contributed by atoms with Gasteiger partial charge in [0.15, 0.2) is 0 Å². The standard InChI is InChI=1S/C7H14F3NO2S/c1-6(5-14(2,12)13)11-4-3-7(8,9)10/h6,11H,3-5H2,1-2H3. The van der Waals surface area contributed by atoms with Crippen molar-refractivity contribution in [3.8, 4) is 0 Å². The van der Waals surface area contributed by atoms with Gasteiger partial charge >= 0.3 is 6.18 Å². The van der Waals surface area contributed by atoms with Crippen LogP contribution in [-0.2, 0) is 9.84 Å². The van der Waals surface area contributed by atoms with Gasteiger partial charge in [0, 0.05) is 18.8 Å². The molecule has 0 spiro atoms. The fourth-order valence-electron chi connectivity index (χ4n) is 0.973. The van der Waals surface area contributed by atoms with Gasteiger partial charge in [-0.15, -0.1) is 0 Å². The van der Waals surface area contributed by atoms with E-state index in [0.29, 0.717) is 0 Å². The first-order valence-corrected chi connectivity index (χ1v) is 6.14. The summed E-state index contributed by atoms with van der Waals surface area (Å²) in [6.45, 7) is 1.29. The van der Waals surface area contributed by atoms with Crippen LogP contribution in [0, 0.1) is 0 Å². The summed E-state index contributed by atoms with van der Waals surface area (Å²) in [7, 11) is -3.13. The summed E-state index contributed by atoms with van der Waals surface area (Å²) in [5.74, 6) is -0.148. The van der Waals surface area contributed by atoms with Crippen LogP contribution in [0.2, 0.25) is 0 Å². The molecule has 0 aromatic heterocycles. The van der Waals surface area contributed by atoms with E-state index in [1.807, 2.05) is 0 Å². The lowest BCUT2D eigenvalue weighted by molar-refractivity contribution is -0.133. The van der Waals surface area contributed by atoms with Crippen LogP contribution in [0.5, 0.6) is 0 Å². The third-order valence-corrected chi connectivity index (χ3v) is 2.56. The molecule has 0 radical (unpaired) electrons. The SMILES string of the molecule is CC(CS(C)(=O)=O)NCCC(F)(F)F. The Labute approximate surface area is 81.6 Å². The molecular formula is C7H14F3NO2S. The molecule has 3 nitrogen and oxygen atoms in total. The molecule has 1 N–H and O–H groups in total. The zero-order valence-corrected chi connectivity index (χ0v) is 8.87.